The van der Waals surface area contributed by atoms with E-state index in [-0.39, 0.29) is 11.8 Å². The molecule has 3 atom stereocenters. The predicted octanol–water partition coefficient (Wildman–Crippen LogP) is 5.14. The van der Waals surface area contributed by atoms with Crippen molar-refractivity contribution in [1.29, 1.82) is 0 Å². The largest absolute Gasteiger partial charge is 0.481 e. The molecule has 0 spiro atoms. The summed E-state index contributed by atoms with van der Waals surface area (Å²) in [6, 6.07) is 7.13. The minimum atomic E-state index is -0.976. The van der Waals surface area contributed by atoms with Crippen molar-refractivity contribution in [2.24, 2.45) is 11.8 Å². The Labute approximate surface area is 223 Å². The number of esters is 1. The molecule has 0 bridgehead atoms. The van der Waals surface area contributed by atoms with Crippen LogP contribution in [-0.2, 0) is 32.0 Å². The van der Waals surface area contributed by atoms with Crippen molar-refractivity contribution in [2.75, 3.05) is 17.7 Å². The molecule has 3 unspecified atom stereocenters. The molecule has 2 aliphatic carbocycles. The molecule has 8 nitrogen and oxygen atoms in total. The van der Waals surface area contributed by atoms with Gasteiger partial charge in [0.05, 0.1) is 29.8 Å². The van der Waals surface area contributed by atoms with E-state index in [0.717, 1.165) is 41.0 Å². The van der Waals surface area contributed by atoms with Gasteiger partial charge >= 0.3 is 11.9 Å². The number of anilines is 2. The van der Waals surface area contributed by atoms with Crippen LogP contribution in [-0.4, -0.2) is 41.2 Å². The van der Waals surface area contributed by atoms with Gasteiger partial charge in [0.25, 0.3) is 0 Å². The Bertz CT molecular complexity index is 1240. The second kappa shape index (κ2) is 12.0. The van der Waals surface area contributed by atoms with Crippen LogP contribution >= 0.6 is 23.1 Å². The average Bonchev–Trinajstić information content (AvgIpc) is 3.26. The van der Waals surface area contributed by atoms with E-state index in [0.29, 0.717) is 29.1 Å². The van der Waals surface area contributed by atoms with E-state index in [9.17, 15) is 24.3 Å². The number of fused-ring (bicyclic) bond motifs is 1. The van der Waals surface area contributed by atoms with E-state index >= 15 is 0 Å². The zero-order valence-electron chi connectivity index (χ0n) is 20.7. The SMILES string of the molecule is COC(=O)c1c(NC(=O)C(C)Sc2cccc(NC(=O)C3CC=CCC3C(=O)O)c2)sc2c1CCCC2. The fourth-order valence-corrected chi connectivity index (χ4v) is 6.91. The molecule has 37 heavy (non-hydrogen) atoms. The van der Waals surface area contributed by atoms with Gasteiger partial charge in [-0.2, -0.15) is 0 Å². The number of rotatable bonds is 8. The van der Waals surface area contributed by atoms with Gasteiger partial charge in [-0.3, -0.25) is 14.4 Å². The quantitative estimate of drug-likeness (QED) is 0.240. The number of thioether (sulfide) groups is 1. The lowest BCUT2D eigenvalue weighted by Gasteiger charge is -2.24. The second-order valence-electron chi connectivity index (χ2n) is 9.17. The van der Waals surface area contributed by atoms with E-state index < -0.39 is 29.0 Å². The lowest BCUT2D eigenvalue weighted by molar-refractivity contribution is -0.146. The topological polar surface area (TPSA) is 122 Å². The lowest BCUT2D eigenvalue weighted by atomic mass is 9.82. The minimum absolute atomic E-state index is 0.235. The second-order valence-corrected chi connectivity index (χ2v) is 11.7. The summed E-state index contributed by atoms with van der Waals surface area (Å²) >= 11 is 2.77. The van der Waals surface area contributed by atoms with E-state index in [1.54, 1.807) is 31.2 Å². The van der Waals surface area contributed by atoms with Crippen LogP contribution in [0.2, 0.25) is 0 Å². The molecule has 1 heterocycles. The Morgan fingerprint density at radius 2 is 1.81 bits per heavy atom. The van der Waals surface area contributed by atoms with Crippen LogP contribution in [0.5, 0.6) is 0 Å². The van der Waals surface area contributed by atoms with Crippen molar-refractivity contribution in [3.63, 3.8) is 0 Å². The summed E-state index contributed by atoms with van der Waals surface area (Å²) in [4.78, 5) is 51.8. The number of carbonyl (C=O) groups excluding carboxylic acids is 3. The lowest BCUT2D eigenvalue weighted by Crippen LogP contribution is -2.34. The molecule has 10 heteroatoms. The first kappa shape index (κ1) is 26.9. The maximum atomic E-state index is 13.1. The zero-order valence-corrected chi connectivity index (χ0v) is 22.4. The molecular weight excluding hydrogens is 512 g/mol. The van der Waals surface area contributed by atoms with Gasteiger partial charge in [-0.05, 0) is 69.2 Å². The smallest absolute Gasteiger partial charge is 0.341 e. The Hall–Kier alpha value is -3.11. The van der Waals surface area contributed by atoms with Gasteiger partial charge in [0.15, 0.2) is 0 Å². The summed E-state index contributed by atoms with van der Waals surface area (Å²) in [6.07, 6.45) is 8.13. The summed E-state index contributed by atoms with van der Waals surface area (Å²) in [5.41, 5.74) is 2.00. The first-order chi connectivity index (χ1) is 17.8. The van der Waals surface area contributed by atoms with Crippen LogP contribution in [0.4, 0.5) is 10.7 Å². The molecule has 1 aromatic heterocycles. The number of nitrogens with one attached hydrogen (secondary N) is 2. The molecule has 0 aliphatic heterocycles. The normalized spacial score (nSPS) is 19.4. The van der Waals surface area contributed by atoms with Crippen molar-refractivity contribution >= 4 is 57.5 Å². The summed E-state index contributed by atoms with van der Waals surface area (Å²) in [6.45, 7) is 1.78. The Kier molecular flexibility index (Phi) is 8.71. The van der Waals surface area contributed by atoms with Crippen molar-refractivity contribution in [3.05, 3.63) is 52.4 Å². The summed E-state index contributed by atoms with van der Waals surface area (Å²) in [5.74, 6) is -3.36. The number of hydrogen-bond donors (Lipinski definition) is 3. The van der Waals surface area contributed by atoms with Gasteiger partial charge in [-0.25, -0.2) is 4.79 Å². The van der Waals surface area contributed by atoms with E-state index in [2.05, 4.69) is 10.6 Å². The molecule has 2 aromatic rings. The Morgan fingerprint density at radius 3 is 2.54 bits per heavy atom. The first-order valence-corrected chi connectivity index (χ1v) is 14.0. The molecular formula is C27H30N2O6S2. The molecule has 3 N–H and O–H groups in total. The minimum Gasteiger partial charge on any atom is -0.481 e. The number of carbonyl (C=O) groups is 4. The number of amides is 2. The molecule has 0 saturated carbocycles. The van der Waals surface area contributed by atoms with Crippen molar-refractivity contribution in [3.8, 4) is 0 Å². The number of allylic oxidation sites excluding steroid dienone is 2. The number of hydrogen-bond acceptors (Lipinski definition) is 7. The van der Waals surface area contributed by atoms with Gasteiger partial charge in [0.2, 0.25) is 11.8 Å². The summed E-state index contributed by atoms with van der Waals surface area (Å²) in [5, 5.41) is 15.3. The molecule has 0 saturated heterocycles. The standard InChI is InChI=1S/C27H30N2O6S2/c1-15(23(30)29-25-22(27(34)35-2)20-12-5-6-13-21(20)37-25)36-17-9-7-8-16(14-17)28-24(31)18-10-3-4-11-19(18)26(32)33/h3-4,7-9,14-15,18-19H,5-6,10-13H2,1-2H3,(H,28,31)(H,29,30)(H,32,33). The zero-order chi connectivity index (χ0) is 26.5. The molecule has 2 amide bonds. The number of thiophene rings is 1. The van der Waals surface area contributed by atoms with Gasteiger partial charge in [0.1, 0.15) is 5.00 Å². The molecule has 196 valence electrons. The van der Waals surface area contributed by atoms with Crippen molar-refractivity contribution in [2.45, 2.75) is 55.6 Å². The van der Waals surface area contributed by atoms with Crippen molar-refractivity contribution in [1.82, 2.24) is 0 Å². The number of aliphatic carboxylic acids is 1. The monoisotopic (exact) mass is 542 g/mol. The number of aryl methyl sites for hydroxylation is 1. The van der Waals surface area contributed by atoms with Crippen LogP contribution in [0.15, 0.2) is 41.3 Å². The number of ether oxygens (including phenoxy) is 1. The van der Waals surface area contributed by atoms with Crippen LogP contribution < -0.4 is 10.6 Å². The van der Waals surface area contributed by atoms with E-state index in [4.69, 9.17) is 4.74 Å². The van der Waals surface area contributed by atoms with Gasteiger partial charge in [-0.15, -0.1) is 23.1 Å². The highest BCUT2D eigenvalue weighted by molar-refractivity contribution is 8.00. The maximum absolute atomic E-state index is 13.1. The van der Waals surface area contributed by atoms with Gasteiger partial charge in [0, 0.05) is 15.5 Å². The number of benzene rings is 1. The van der Waals surface area contributed by atoms with Gasteiger partial charge in [-0.1, -0.05) is 18.2 Å². The Morgan fingerprint density at radius 1 is 1.08 bits per heavy atom. The highest BCUT2D eigenvalue weighted by atomic mass is 32.2. The molecule has 4 rings (SSSR count). The third kappa shape index (κ3) is 6.24. The van der Waals surface area contributed by atoms with Gasteiger partial charge < -0.3 is 20.5 Å². The number of carboxylic acid groups (broad SMARTS) is 1. The fourth-order valence-electron chi connectivity index (χ4n) is 4.70. The molecule has 0 fully saturated rings. The van der Waals surface area contributed by atoms with Crippen LogP contribution in [0.25, 0.3) is 0 Å². The molecule has 2 aliphatic rings. The van der Waals surface area contributed by atoms with Crippen LogP contribution in [0, 0.1) is 11.8 Å². The van der Waals surface area contributed by atoms with Crippen LogP contribution in [0.3, 0.4) is 0 Å². The van der Waals surface area contributed by atoms with Crippen LogP contribution in [0.1, 0.15) is 53.4 Å². The third-order valence-electron chi connectivity index (χ3n) is 6.67. The summed E-state index contributed by atoms with van der Waals surface area (Å²) < 4.78 is 4.99. The number of methoxy groups -OCH3 is 1. The van der Waals surface area contributed by atoms with E-state index in [1.807, 2.05) is 12.1 Å². The average molecular weight is 543 g/mol. The Balaban J connectivity index is 1.42. The number of carboxylic acids is 1. The first-order valence-electron chi connectivity index (χ1n) is 12.3. The maximum Gasteiger partial charge on any atom is 0.341 e. The highest BCUT2D eigenvalue weighted by Gasteiger charge is 2.34. The molecule has 0 radical (unpaired) electrons. The predicted molar refractivity (Wildman–Crippen MR) is 144 cm³/mol. The van der Waals surface area contributed by atoms with E-state index in [1.165, 1.54) is 30.2 Å². The third-order valence-corrected chi connectivity index (χ3v) is 8.97. The summed E-state index contributed by atoms with van der Waals surface area (Å²) in [7, 11) is 1.35. The highest BCUT2D eigenvalue weighted by Crippen LogP contribution is 2.39. The molecule has 1 aromatic carbocycles. The fraction of sp³-hybridized carbons (Fsp3) is 0.407. The van der Waals surface area contributed by atoms with Crippen molar-refractivity contribution < 1.29 is 29.0 Å².